The van der Waals surface area contributed by atoms with Crippen LogP contribution in [0.5, 0.6) is 0 Å². The van der Waals surface area contributed by atoms with E-state index in [1.165, 1.54) is 6.26 Å². The molecule has 2 aromatic rings. The Bertz CT molecular complexity index is 748. The third kappa shape index (κ3) is 4.23. The molecule has 0 amide bonds. The Kier molecular flexibility index (Phi) is 4.92. The van der Waals surface area contributed by atoms with Crippen molar-refractivity contribution in [2.75, 3.05) is 6.26 Å². The van der Waals surface area contributed by atoms with Crippen LogP contribution in [0, 0.1) is 6.92 Å². The molecule has 7 heteroatoms. The summed E-state index contributed by atoms with van der Waals surface area (Å²) in [7, 11) is -3.31. The van der Waals surface area contributed by atoms with Crippen LogP contribution in [-0.4, -0.2) is 24.6 Å². The summed E-state index contributed by atoms with van der Waals surface area (Å²) in [5.74, 6) is 0.698. The summed E-state index contributed by atoms with van der Waals surface area (Å²) >= 11 is 6.11. The van der Waals surface area contributed by atoms with Gasteiger partial charge in [-0.1, -0.05) is 17.7 Å². The van der Waals surface area contributed by atoms with Crippen LogP contribution in [0.25, 0.3) is 0 Å². The van der Waals surface area contributed by atoms with E-state index in [0.717, 1.165) is 5.69 Å². The minimum atomic E-state index is -3.31. The minimum Gasteiger partial charge on any atom is -0.307 e. The van der Waals surface area contributed by atoms with Crippen molar-refractivity contribution in [3.63, 3.8) is 0 Å². The second kappa shape index (κ2) is 6.51. The van der Waals surface area contributed by atoms with Crippen molar-refractivity contribution in [2.24, 2.45) is 0 Å². The van der Waals surface area contributed by atoms with Gasteiger partial charge in [0.25, 0.3) is 0 Å². The highest BCUT2D eigenvalue weighted by molar-refractivity contribution is 7.90. The number of halogens is 1. The molecule has 5 nitrogen and oxygen atoms in total. The van der Waals surface area contributed by atoms with Gasteiger partial charge < -0.3 is 5.32 Å². The Hall–Kier alpha value is -1.50. The fourth-order valence-electron chi connectivity index (χ4n) is 1.98. The first-order valence-electron chi connectivity index (χ1n) is 6.34. The van der Waals surface area contributed by atoms with Crippen molar-refractivity contribution in [2.45, 2.75) is 24.9 Å². The molecule has 21 heavy (non-hydrogen) atoms. The molecular weight excluding hydrogens is 310 g/mol. The summed E-state index contributed by atoms with van der Waals surface area (Å²) < 4.78 is 23.6. The number of nitrogens with zero attached hydrogens (tertiary/aromatic N) is 2. The normalized spacial score (nSPS) is 11.6. The van der Waals surface area contributed by atoms with Gasteiger partial charge in [0.2, 0.25) is 0 Å². The SMILES string of the molecule is Cc1nccc(CNCc2c(Cl)cccc2S(C)(=O)=O)n1. The van der Waals surface area contributed by atoms with Gasteiger partial charge in [0.05, 0.1) is 10.6 Å². The molecule has 0 radical (unpaired) electrons. The summed E-state index contributed by atoms with van der Waals surface area (Å²) in [4.78, 5) is 8.55. The van der Waals surface area contributed by atoms with Crippen molar-refractivity contribution in [3.8, 4) is 0 Å². The van der Waals surface area contributed by atoms with E-state index < -0.39 is 9.84 Å². The highest BCUT2D eigenvalue weighted by atomic mass is 35.5. The number of aromatic nitrogens is 2. The predicted octanol–water partition coefficient (Wildman–Crippen LogP) is 2.13. The van der Waals surface area contributed by atoms with E-state index >= 15 is 0 Å². The molecule has 0 bridgehead atoms. The first kappa shape index (κ1) is 15.9. The molecule has 0 unspecified atom stereocenters. The largest absolute Gasteiger partial charge is 0.307 e. The second-order valence-electron chi connectivity index (χ2n) is 4.69. The average molecular weight is 326 g/mol. The van der Waals surface area contributed by atoms with Crippen molar-refractivity contribution in [3.05, 3.63) is 52.6 Å². The van der Waals surface area contributed by atoms with Crippen molar-refractivity contribution in [1.29, 1.82) is 0 Å². The highest BCUT2D eigenvalue weighted by Gasteiger charge is 2.15. The molecule has 0 aliphatic rings. The van der Waals surface area contributed by atoms with Gasteiger partial charge in [-0.05, 0) is 25.1 Å². The Labute approximate surface area is 129 Å². The first-order chi connectivity index (χ1) is 9.88. The van der Waals surface area contributed by atoms with E-state index in [0.29, 0.717) is 29.5 Å². The smallest absolute Gasteiger partial charge is 0.175 e. The fraction of sp³-hybridized carbons (Fsp3) is 0.286. The summed E-state index contributed by atoms with van der Waals surface area (Å²) in [6.07, 6.45) is 2.87. The third-order valence-electron chi connectivity index (χ3n) is 2.92. The lowest BCUT2D eigenvalue weighted by atomic mass is 10.2. The quantitative estimate of drug-likeness (QED) is 0.911. The zero-order chi connectivity index (χ0) is 15.5. The van der Waals surface area contributed by atoms with E-state index in [1.807, 2.05) is 13.0 Å². The van der Waals surface area contributed by atoms with Crippen LogP contribution >= 0.6 is 11.6 Å². The minimum absolute atomic E-state index is 0.251. The molecule has 1 aromatic heterocycles. The lowest BCUT2D eigenvalue weighted by Crippen LogP contribution is -2.16. The third-order valence-corrected chi connectivity index (χ3v) is 4.45. The number of hydrogen-bond acceptors (Lipinski definition) is 5. The highest BCUT2D eigenvalue weighted by Crippen LogP contribution is 2.23. The van der Waals surface area contributed by atoms with Crippen LogP contribution in [0.15, 0.2) is 35.4 Å². The van der Waals surface area contributed by atoms with Gasteiger partial charge in [-0.15, -0.1) is 0 Å². The van der Waals surface area contributed by atoms with Gasteiger partial charge in [-0.3, -0.25) is 0 Å². The van der Waals surface area contributed by atoms with E-state index in [9.17, 15) is 8.42 Å². The Morgan fingerprint density at radius 2 is 2.00 bits per heavy atom. The Balaban J connectivity index is 2.14. The second-order valence-corrected chi connectivity index (χ2v) is 7.08. The summed E-state index contributed by atoms with van der Waals surface area (Å²) in [5.41, 5.74) is 1.42. The topological polar surface area (TPSA) is 72.0 Å². The van der Waals surface area contributed by atoms with E-state index in [2.05, 4.69) is 15.3 Å². The maximum absolute atomic E-state index is 11.8. The number of benzene rings is 1. The molecule has 0 aliphatic carbocycles. The standard InChI is InChI=1S/C14H16ClN3O2S/c1-10-17-7-6-11(18-10)8-16-9-12-13(15)4-3-5-14(12)21(2,19)20/h3-7,16H,8-9H2,1-2H3. The number of rotatable bonds is 5. The molecule has 0 spiro atoms. The van der Waals surface area contributed by atoms with Crippen LogP contribution < -0.4 is 5.32 Å². The van der Waals surface area contributed by atoms with Crippen LogP contribution in [-0.2, 0) is 22.9 Å². The first-order valence-corrected chi connectivity index (χ1v) is 8.61. The summed E-state index contributed by atoms with van der Waals surface area (Å²) in [6, 6.07) is 6.69. The predicted molar refractivity (Wildman–Crippen MR) is 81.9 cm³/mol. The van der Waals surface area contributed by atoms with Crippen molar-refractivity contribution in [1.82, 2.24) is 15.3 Å². The Morgan fingerprint density at radius 3 is 2.67 bits per heavy atom. The molecule has 2 rings (SSSR count). The van der Waals surface area contributed by atoms with Gasteiger partial charge in [0, 0.05) is 36.1 Å². The number of sulfone groups is 1. The maximum atomic E-state index is 11.8. The molecule has 0 saturated heterocycles. The van der Waals surface area contributed by atoms with Crippen molar-refractivity contribution >= 4 is 21.4 Å². The summed E-state index contributed by atoms with van der Waals surface area (Å²) in [6.45, 7) is 2.68. The Morgan fingerprint density at radius 1 is 1.24 bits per heavy atom. The summed E-state index contributed by atoms with van der Waals surface area (Å²) in [5, 5.41) is 3.59. The molecule has 0 atom stereocenters. The zero-order valence-electron chi connectivity index (χ0n) is 11.8. The molecule has 112 valence electrons. The monoisotopic (exact) mass is 325 g/mol. The van der Waals surface area contributed by atoms with Gasteiger partial charge in [-0.25, -0.2) is 18.4 Å². The molecule has 1 aromatic carbocycles. The fourth-order valence-corrected chi connectivity index (χ4v) is 3.23. The number of hydrogen-bond donors (Lipinski definition) is 1. The molecule has 0 aliphatic heterocycles. The molecule has 0 saturated carbocycles. The average Bonchev–Trinajstić information content (AvgIpc) is 2.39. The zero-order valence-corrected chi connectivity index (χ0v) is 13.4. The molecule has 0 fully saturated rings. The molecular formula is C14H16ClN3O2S. The van der Waals surface area contributed by atoms with Gasteiger partial charge in [0.15, 0.2) is 9.84 Å². The van der Waals surface area contributed by atoms with Crippen LogP contribution in [0.3, 0.4) is 0 Å². The van der Waals surface area contributed by atoms with Crippen LogP contribution in [0.4, 0.5) is 0 Å². The van der Waals surface area contributed by atoms with Crippen molar-refractivity contribution < 1.29 is 8.42 Å². The number of aryl methyl sites for hydroxylation is 1. The van der Waals surface area contributed by atoms with E-state index in [-0.39, 0.29) is 4.90 Å². The number of nitrogens with one attached hydrogen (secondary N) is 1. The lowest BCUT2D eigenvalue weighted by molar-refractivity contribution is 0.598. The van der Waals surface area contributed by atoms with Crippen LogP contribution in [0.2, 0.25) is 5.02 Å². The van der Waals surface area contributed by atoms with Gasteiger partial charge >= 0.3 is 0 Å². The maximum Gasteiger partial charge on any atom is 0.175 e. The van der Waals surface area contributed by atoms with Crippen LogP contribution in [0.1, 0.15) is 17.1 Å². The van der Waals surface area contributed by atoms with E-state index in [1.54, 1.807) is 24.4 Å². The van der Waals surface area contributed by atoms with E-state index in [4.69, 9.17) is 11.6 Å². The molecule has 1 N–H and O–H groups in total. The van der Waals surface area contributed by atoms with Gasteiger partial charge in [-0.2, -0.15) is 0 Å². The molecule has 1 heterocycles. The van der Waals surface area contributed by atoms with Gasteiger partial charge in [0.1, 0.15) is 5.82 Å². The lowest BCUT2D eigenvalue weighted by Gasteiger charge is -2.11.